The predicted octanol–water partition coefficient (Wildman–Crippen LogP) is 1.74. The van der Waals surface area contributed by atoms with E-state index in [-0.39, 0.29) is 0 Å². The second-order valence-electron chi connectivity index (χ2n) is 6.32. The van der Waals surface area contributed by atoms with Gasteiger partial charge in [0.1, 0.15) is 0 Å². The third-order valence-electron chi connectivity index (χ3n) is 4.72. The molecule has 3 rings (SSSR count). The number of nitrogens with zero attached hydrogens (tertiary/aromatic N) is 3. The van der Waals surface area contributed by atoms with Crippen molar-refractivity contribution in [2.24, 2.45) is 11.7 Å². The van der Waals surface area contributed by atoms with Crippen molar-refractivity contribution >= 4 is 16.5 Å². The molecule has 5 heteroatoms. The maximum absolute atomic E-state index is 5.76. The fraction of sp³-hybridized carbons (Fsp3) is 0.800. The molecule has 2 heterocycles. The molecule has 0 saturated carbocycles. The zero-order valence-corrected chi connectivity index (χ0v) is 13.5. The molecule has 112 valence electrons. The molecule has 4 nitrogen and oxygen atoms in total. The van der Waals surface area contributed by atoms with E-state index in [4.69, 9.17) is 10.7 Å². The van der Waals surface area contributed by atoms with E-state index in [1.807, 2.05) is 11.3 Å². The van der Waals surface area contributed by atoms with Gasteiger partial charge in [-0.15, -0.1) is 11.3 Å². The standard InChI is InChI=1S/C15H26N4S/c1-11-3-4-13-14(9-11)20-15(17-13)19-7-5-18(6-8-19)12(2)10-16/h11-12H,3-10,16H2,1-2H3. The Kier molecular flexibility index (Phi) is 4.29. The molecule has 1 aliphatic heterocycles. The fourth-order valence-corrected chi connectivity index (χ4v) is 4.49. The van der Waals surface area contributed by atoms with Crippen LogP contribution in [-0.4, -0.2) is 48.6 Å². The van der Waals surface area contributed by atoms with Crippen LogP contribution >= 0.6 is 11.3 Å². The second-order valence-corrected chi connectivity index (χ2v) is 7.38. The van der Waals surface area contributed by atoms with Crippen molar-refractivity contribution in [2.75, 3.05) is 37.6 Å². The van der Waals surface area contributed by atoms with Crippen molar-refractivity contribution in [1.82, 2.24) is 9.88 Å². The Morgan fingerprint density at radius 3 is 2.80 bits per heavy atom. The fourth-order valence-electron chi connectivity index (χ4n) is 3.16. The largest absolute Gasteiger partial charge is 0.346 e. The first-order chi connectivity index (χ1) is 9.67. The summed E-state index contributed by atoms with van der Waals surface area (Å²) >= 11 is 1.93. The van der Waals surface area contributed by atoms with Gasteiger partial charge in [-0.1, -0.05) is 6.92 Å². The number of nitrogens with two attached hydrogens (primary N) is 1. The van der Waals surface area contributed by atoms with Gasteiger partial charge in [-0.25, -0.2) is 4.98 Å². The molecule has 1 fully saturated rings. The van der Waals surface area contributed by atoms with Crippen LogP contribution in [0.2, 0.25) is 0 Å². The summed E-state index contributed by atoms with van der Waals surface area (Å²) in [5.41, 5.74) is 7.14. The number of aryl methyl sites for hydroxylation is 1. The SMILES string of the molecule is CC1CCc2nc(N3CCN(C(C)CN)CC3)sc2C1. The molecule has 2 atom stereocenters. The Morgan fingerprint density at radius 1 is 1.35 bits per heavy atom. The van der Waals surface area contributed by atoms with E-state index in [1.54, 1.807) is 0 Å². The molecule has 2 unspecified atom stereocenters. The monoisotopic (exact) mass is 294 g/mol. The first-order valence-corrected chi connectivity index (χ1v) is 8.66. The molecule has 2 aliphatic rings. The molecule has 0 bridgehead atoms. The molecule has 1 aliphatic carbocycles. The third kappa shape index (κ3) is 2.85. The van der Waals surface area contributed by atoms with Gasteiger partial charge in [-0.3, -0.25) is 4.90 Å². The minimum atomic E-state index is 0.502. The number of fused-ring (bicyclic) bond motifs is 1. The molecule has 1 saturated heterocycles. The van der Waals surface area contributed by atoms with Crippen LogP contribution in [0.1, 0.15) is 30.8 Å². The number of rotatable bonds is 3. The van der Waals surface area contributed by atoms with Crippen LogP contribution in [0.5, 0.6) is 0 Å². The second kappa shape index (κ2) is 6.00. The van der Waals surface area contributed by atoms with Crippen LogP contribution in [-0.2, 0) is 12.8 Å². The van der Waals surface area contributed by atoms with Crippen molar-refractivity contribution in [2.45, 2.75) is 39.2 Å². The summed E-state index contributed by atoms with van der Waals surface area (Å²) < 4.78 is 0. The Balaban J connectivity index is 1.64. The molecular weight excluding hydrogens is 268 g/mol. The topological polar surface area (TPSA) is 45.4 Å². The Hall–Kier alpha value is -0.650. The van der Waals surface area contributed by atoms with Crippen LogP contribution in [0.15, 0.2) is 0 Å². The number of piperazine rings is 1. The zero-order valence-electron chi connectivity index (χ0n) is 12.6. The van der Waals surface area contributed by atoms with E-state index in [1.165, 1.54) is 35.0 Å². The molecule has 0 aromatic carbocycles. The zero-order chi connectivity index (χ0) is 14.1. The minimum Gasteiger partial charge on any atom is -0.346 e. The lowest BCUT2D eigenvalue weighted by Crippen LogP contribution is -2.51. The molecule has 0 amide bonds. The lowest BCUT2D eigenvalue weighted by molar-refractivity contribution is 0.201. The smallest absolute Gasteiger partial charge is 0.185 e. The van der Waals surface area contributed by atoms with E-state index >= 15 is 0 Å². The van der Waals surface area contributed by atoms with Crippen LogP contribution in [0.25, 0.3) is 0 Å². The van der Waals surface area contributed by atoms with E-state index in [2.05, 4.69) is 23.6 Å². The Bertz CT molecular complexity index is 451. The average molecular weight is 294 g/mol. The Morgan fingerprint density at radius 2 is 2.10 bits per heavy atom. The summed E-state index contributed by atoms with van der Waals surface area (Å²) in [6.07, 6.45) is 3.71. The highest BCUT2D eigenvalue weighted by Gasteiger charge is 2.25. The molecule has 2 N–H and O–H groups in total. The summed E-state index contributed by atoms with van der Waals surface area (Å²) in [5, 5.41) is 1.25. The third-order valence-corrected chi connectivity index (χ3v) is 5.90. The van der Waals surface area contributed by atoms with Gasteiger partial charge in [0, 0.05) is 43.6 Å². The summed E-state index contributed by atoms with van der Waals surface area (Å²) in [4.78, 5) is 11.4. The van der Waals surface area contributed by atoms with Crippen LogP contribution in [0.3, 0.4) is 0 Å². The van der Waals surface area contributed by atoms with Gasteiger partial charge >= 0.3 is 0 Å². The van der Waals surface area contributed by atoms with E-state index in [9.17, 15) is 0 Å². The first-order valence-electron chi connectivity index (χ1n) is 7.85. The molecule has 0 radical (unpaired) electrons. The van der Waals surface area contributed by atoms with Crippen LogP contribution in [0.4, 0.5) is 5.13 Å². The number of aromatic nitrogens is 1. The van der Waals surface area contributed by atoms with E-state index in [0.717, 1.165) is 38.6 Å². The molecule has 1 aromatic rings. The number of thiazole rings is 1. The summed E-state index contributed by atoms with van der Waals surface area (Å²) in [6, 6.07) is 0.502. The Labute approximate surface area is 126 Å². The highest BCUT2D eigenvalue weighted by molar-refractivity contribution is 7.15. The van der Waals surface area contributed by atoms with Crippen molar-refractivity contribution in [3.8, 4) is 0 Å². The molecular formula is C15H26N4S. The summed E-state index contributed by atoms with van der Waals surface area (Å²) in [7, 11) is 0. The first kappa shape index (κ1) is 14.3. The number of hydrogen-bond acceptors (Lipinski definition) is 5. The maximum atomic E-state index is 5.76. The maximum Gasteiger partial charge on any atom is 0.185 e. The van der Waals surface area contributed by atoms with E-state index < -0.39 is 0 Å². The lowest BCUT2D eigenvalue weighted by atomic mass is 9.93. The van der Waals surface area contributed by atoms with Crippen molar-refractivity contribution in [1.29, 1.82) is 0 Å². The average Bonchev–Trinajstić information content (AvgIpc) is 2.89. The van der Waals surface area contributed by atoms with Gasteiger partial charge in [0.25, 0.3) is 0 Å². The van der Waals surface area contributed by atoms with Crippen molar-refractivity contribution < 1.29 is 0 Å². The van der Waals surface area contributed by atoms with Gasteiger partial charge in [-0.2, -0.15) is 0 Å². The van der Waals surface area contributed by atoms with Gasteiger partial charge in [0.05, 0.1) is 5.69 Å². The predicted molar refractivity (Wildman–Crippen MR) is 85.6 cm³/mol. The highest BCUT2D eigenvalue weighted by Crippen LogP contribution is 2.34. The lowest BCUT2D eigenvalue weighted by Gasteiger charge is -2.37. The van der Waals surface area contributed by atoms with Gasteiger partial charge in [-0.05, 0) is 32.1 Å². The van der Waals surface area contributed by atoms with Crippen molar-refractivity contribution in [3.63, 3.8) is 0 Å². The quantitative estimate of drug-likeness (QED) is 0.922. The minimum absolute atomic E-state index is 0.502. The van der Waals surface area contributed by atoms with Crippen molar-refractivity contribution in [3.05, 3.63) is 10.6 Å². The number of hydrogen-bond donors (Lipinski definition) is 1. The van der Waals surface area contributed by atoms with Crippen LogP contribution < -0.4 is 10.6 Å². The molecule has 0 spiro atoms. The number of anilines is 1. The molecule has 20 heavy (non-hydrogen) atoms. The van der Waals surface area contributed by atoms with Crippen LogP contribution in [0, 0.1) is 5.92 Å². The highest BCUT2D eigenvalue weighted by atomic mass is 32.1. The van der Waals surface area contributed by atoms with Gasteiger partial charge < -0.3 is 10.6 Å². The summed E-state index contributed by atoms with van der Waals surface area (Å²) in [5.74, 6) is 0.832. The van der Waals surface area contributed by atoms with Gasteiger partial charge in [0.2, 0.25) is 0 Å². The molecule has 1 aromatic heterocycles. The van der Waals surface area contributed by atoms with Gasteiger partial charge in [0.15, 0.2) is 5.13 Å². The van der Waals surface area contributed by atoms with E-state index in [0.29, 0.717) is 6.04 Å². The summed E-state index contributed by atoms with van der Waals surface area (Å²) in [6.45, 7) is 9.73. The normalized spacial score (nSPS) is 25.6.